The molecular weight excluding hydrogens is 324 g/mol. The fourth-order valence-corrected chi connectivity index (χ4v) is 6.20. The molecule has 0 radical (unpaired) electrons. The molecule has 3 rings (SSSR count). The molecule has 2 aromatic rings. The average molecular weight is 343 g/mol. The molecule has 2 heterocycles. The SMILES string of the molecule is Cc1cc(S(=O)(=O)N(Cc2ccsc2)C2CC2)sc1CN. The van der Waals surface area contributed by atoms with Crippen molar-refractivity contribution in [3.05, 3.63) is 38.9 Å². The minimum absolute atomic E-state index is 0.152. The van der Waals surface area contributed by atoms with Gasteiger partial charge in [0.25, 0.3) is 10.0 Å². The van der Waals surface area contributed by atoms with E-state index in [9.17, 15) is 8.42 Å². The number of rotatable bonds is 6. The van der Waals surface area contributed by atoms with Crippen LogP contribution in [0.1, 0.15) is 28.8 Å². The maximum Gasteiger partial charge on any atom is 0.253 e. The van der Waals surface area contributed by atoms with Gasteiger partial charge >= 0.3 is 0 Å². The van der Waals surface area contributed by atoms with Crippen molar-refractivity contribution >= 4 is 32.7 Å². The summed E-state index contributed by atoms with van der Waals surface area (Å²) < 4.78 is 27.9. The van der Waals surface area contributed by atoms with Crippen LogP contribution in [0.25, 0.3) is 0 Å². The van der Waals surface area contributed by atoms with Gasteiger partial charge in [-0.15, -0.1) is 11.3 Å². The van der Waals surface area contributed by atoms with Gasteiger partial charge in [0.15, 0.2) is 0 Å². The summed E-state index contributed by atoms with van der Waals surface area (Å²) in [6.07, 6.45) is 1.91. The first-order chi connectivity index (χ1) is 10.0. The highest BCUT2D eigenvalue weighted by Gasteiger charge is 2.39. The second-order valence-electron chi connectivity index (χ2n) is 5.29. The van der Waals surface area contributed by atoms with Gasteiger partial charge in [-0.1, -0.05) is 0 Å². The highest BCUT2D eigenvalue weighted by molar-refractivity contribution is 7.91. The van der Waals surface area contributed by atoms with Crippen molar-refractivity contribution in [1.82, 2.24) is 4.31 Å². The van der Waals surface area contributed by atoms with Crippen molar-refractivity contribution in [2.45, 2.75) is 43.1 Å². The molecule has 0 aromatic carbocycles. The third-order valence-corrected chi connectivity index (χ3v) is 7.96. The molecule has 1 saturated carbocycles. The van der Waals surface area contributed by atoms with Crippen LogP contribution in [0.5, 0.6) is 0 Å². The first kappa shape index (κ1) is 15.2. The quantitative estimate of drug-likeness (QED) is 0.878. The Bertz CT molecular complexity index is 715. The number of sulfonamides is 1. The third kappa shape index (κ3) is 3.07. The summed E-state index contributed by atoms with van der Waals surface area (Å²) in [6.45, 7) is 2.77. The first-order valence-electron chi connectivity index (χ1n) is 6.84. The fourth-order valence-electron chi connectivity index (χ4n) is 2.27. The van der Waals surface area contributed by atoms with Crippen LogP contribution in [0.15, 0.2) is 27.1 Å². The molecule has 0 unspecified atom stereocenters. The molecular formula is C14H18N2O2S3. The van der Waals surface area contributed by atoms with Crippen LogP contribution in [0.3, 0.4) is 0 Å². The Balaban J connectivity index is 1.93. The van der Waals surface area contributed by atoms with Crippen molar-refractivity contribution in [2.75, 3.05) is 0 Å². The van der Waals surface area contributed by atoms with Crippen LogP contribution in [0.2, 0.25) is 0 Å². The molecule has 7 heteroatoms. The van der Waals surface area contributed by atoms with Gasteiger partial charge in [0.05, 0.1) is 0 Å². The molecule has 1 aliphatic carbocycles. The van der Waals surface area contributed by atoms with Crippen molar-refractivity contribution in [2.24, 2.45) is 5.73 Å². The molecule has 21 heavy (non-hydrogen) atoms. The summed E-state index contributed by atoms with van der Waals surface area (Å²) in [4.78, 5) is 0.944. The Morgan fingerprint density at radius 1 is 1.43 bits per heavy atom. The lowest BCUT2D eigenvalue weighted by molar-refractivity contribution is 0.400. The molecule has 1 fully saturated rings. The lowest BCUT2D eigenvalue weighted by Gasteiger charge is -2.20. The van der Waals surface area contributed by atoms with Crippen molar-refractivity contribution in [1.29, 1.82) is 0 Å². The molecule has 0 saturated heterocycles. The zero-order valence-electron chi connectivity index (χ0n) is 11.8. The lowest BCUT2D eigenvalue weighted by atomic mass is 10.3. The number of aryl methyl sites for hydroxylation is 1. The Morgan fingerprint density at radius 2 is 2.19 bits per heavy atom. The second kappa shape index (κ2) is 5.81. The minimum atomic E-state index is -3.42. The summed E-state index contributed by atoms with van der Waals surface area (Å²) in [6, 6.07) is 3.89. The maximum absolute atomic E-state index is 12.9. The standard InChI is InChI=1S/C14H18N2O2S3/c1-10-6-14(20-13(10)7-15)21(17,18)16(12-2-3-12)8-11-4-5-19-9-11/h4-6,9,12H,2-3,7-8,15H2,1H3. The number of hydrogen-bond donors (Lipinski definition) is 1. The summed E-state index contributed by atoms with van der Waals surface area (Å²) in [7, 11) is -3.42. The van der Waals surface area contributed by atoms with Gasteiger partial charge in [0.1, 0.15) is 4.21 Å². The molecule has 2 aromatic heterocycles. The van der Waals surface area contributed by atoms with E-state index in [1.54, 1.807) is 21.7 Å². The molecule has 114 valence electrons. The predicted octanol–water partition coefficient (Wildman–Crippen LogP) is 2.93. The van der Waals surface area contributed by atoms with E-state index in [1.165, 1.54) is 11.3 Å². The van der Waals surface area contributed by atoms with Crippen LogP contribution in [-0.2, 0) is 23.1 Å². The summed E-state index contributed by atoms with van der Waals surface area (Å²) in [5, 5.41) is 3.99. The molecule has 4 nitrogen and oxygen atoms in total. The van der Waals surface area contributed by atoms with E-state index in [1.807, 2.05) is 23.8 Å². The molecule has 0 aliphatic heterocycles. The third-order valence-electron chi connectivity index (χ3n) is 3.62. The molecule has 0 bridgehead atoms. The van der Waals surface area contributed by atoms with E-state index in [0.29, 0.717) is 17.3 Å². The van der Waals surface area contributed by atoms with Gasteiger partial charge in [-0.05, 0) is 53.8 Å². The van der Waals surface area contributed by atoms with Gasteiger partial charge in [0.2, 0.25) is 0 Å². The number of nitrogens with zero attached hydrogens (tertiary/aromatic N) is 1. The van der Waals surface area contributed by atoms with Crippen molar-refractivity contribution < 1.29 is 8.42 Å². The lowest BCUT2D eigenvalue weighted by Crippen LogP contribution is -2.32. The molecule has 0 atom stereocenters. The predicted molar refractivity (Wildman–Crippen MR) is 87.0 cm³/mol. The van der Waals surface area contributed by atoms with Gasteiger partial charge in [-0.25, -0.2) is 8.42 Å². The topological polar surface area (TPSA) is 63.4 Å². The fraction of sp³-hybridized carbons (Fsp3) is 0.429. The number of nitrogens with two attached hydrogens (primary N) is 1. The zero-order valence-corrected chi connectivity index (χ0v) is 14.2. The first-order valence-corrected chi connectivity index (χ1v) is 10.0. The summed E-state index contributed by atoms with van der Waals surface area (Å²) in [5.74, 6) is 0. The van der Waals surface area contributed by atoms with Gasteiger partial charge in [0, 0.05) is 24.0 Å². The normalized spacial score (nSPS) is 15.8. The van der Waals surface area contributed by atoms with Gasteiger partial charge < -0.3 is 5.73 Å². The van der Waals surface area contributed by atoms with Crippen LogP contribution in [0, 0.1) is 6.92 Å². The molecule has 0 spiro atoms. The Hall–Kier alpha value is -0.730. The summed E-state index contributed by atoms with van der Waals surface area (Å²) >= 11 is 2.90. The molecule has 2 N–H and O–H groups in total. The van der Waals surface area contributed by atoms with E-state index in [0.717, 1.165) is 28.8 Å². The maximum atomic E-state index is 12.9. The van der Waals surface area contributed by atoms with E-state index in [4.69, 9.17) is 5.73 Å². The minimum Gasteiger partial charge on any atom is -0.326 e. The Labute approximate surface area is 133 Å². The van der Waals surface area contributed by atoms with Gasteiger partial charge in [-0.2, -0.15) is 15.6 Å². The van der Waals surface area contributed by atoms with Crippen LogP contribution in [0.4, 0.5) is 0 Å². The van der Waals surface area contributed by atoms with Crippen LogP contribution >= 0.6 is 22.7 Å². The van der Waals surface area contributed by atoms with Crippen molar-refractivity contribution in [3.8, 4) is 0 Å². The highest BCUT2D eigenvalue weighted by atomic mass is 32.2. The number of hydrogen-bond acceptors (Lipinski definition) is 5. The van der Waals surface area contributed by atoms with E-state index < -0.39 is 10.0 Å². The Kier molecular flexibility index (Phi) is 4.20. The highest BCUT2D eigenvalue weighted by Crippen LogP contribution is 2.36. The monoisotopic (exact) mass is 342 g/mol. The summed E-state index contributed by atoms with van der Waals surface area (Å²) in [5.41, 5.74) is 7.69. The van der Waals surface area contributed by atoms with Crippen LogP contribution in [-0.4, -0.2) is 18.8 Å². The Morgan fingerprint density at radius 3 is 2.71 bits per heavy atom. The van der Waals surface area contributed by atoms with E-state index in [2.05, 4.69) is 0 Å². The second-order valence-corrected chi connectivity index (χ2v) is 9.32. The van der Waals surface area contributed by atoms with E-state index in [-0.39, 0.29) is 6.04 Å². The average Bonchev–Trinajstić information content (AvgIpc) is 3.00. The largest absolute Gasteiger partial charge is 0.326 e. The van der Waals surface area contributed by atoms with Crippen LogP contribution < -0.4 is 5.73 Å². The van der Waals surface area contributed by atoms with Crippen molar-refractivity contribution in [3.63, 3.8) is 0 Å². The molecule has 1 aliphatic rings. The van der Waals surface area contributed by atoms with E-state index >= 15 is 0 Å². The zero-order chi connectivity index (χ0) is 15.0. The molecule has 0 amide bonds. The van der Waals surface area contributed by atoms with Gasteiger partial charge in [-0.3, -0.25) is 0 Å². The smallest absolute Gasteiger partial charge is 0.253 e. The number of thiophene rings is 2.